The number of thioether (sulfide) groups is 1. The molecule has 0 aliphatic heterocycles. The summed E-state index contributed by atoms with van der Waals surface area (Å²) in [5, 5.41) is 4.08. The molecule has 0 saturated heterocycles. The molecule has 1 aromatic carbocycles. The number of amides is 1. The lowest BCUT2D eigenvalue weighted by molar-refractivity contribution is -0.119. The molecule has 0 spiro atoms. The van der Waals surface area contributed by atoms with E-state index in [-0.39, 0.29) is 11.9 Å². The summed E-state index contributed by atoms with van der Waals surface area (Å²) in [5.74, 6) is 1.72. The Bertz CT molecular complexity index is 640. The van der Waals surface area contributed by atoms with E-state index in [1.807, 2.05) is 36.0 Å². The Morgan fingerprint density at radius 3 is 2.77 bits per heavy atom. The average Bonchev–Trinajstić information content (AvgIpc) is 3.10. The van der Waals surface area contributed by atoms with Gasteiger partial charge in [0.25, 0.3) is 0 Å². The number of imidazole rings is 1. The lowest BCUT2D eigenvalue weighted by Crippen LogP contribution is -2.31. The van der Waals surface area contributed by atoms with E-state index in [0.717, 1.165) is 5.16 Å². The first-order valence-corrected chi connectivity index (χ1v) is 8.58. The van der Waals surface area contributed by atoms with Gasteiger partial charge in [-0.05, 0) is 23.8 Å². The summed E-state index contributed by atoms with van der Waals surface area (Å²) in [7, 11) is 1.94. The Morgan fingerprint density at radius 1 is 1.45 bits per heavy atom. The molecule has 0 radical (unpaired) electrons. The zero-order valence-electron chi connectivity index (χ0n) is 12.9. The fourth-order valence-electron chi connectivity index (χ4n) is 2.75. The summed E-state index contributed by atoms with van der Waals surface area (Å²) in [6, 6.07) is 10.4. The highest BCUT2D eigenvalue weighted by Crippen LogP contribution is 2.46. The van der Waals surface area contributed by atoms with Gasteiger partial charge in [-0.1, -0.05) is 49.0 Å². The Balaban J connectivity index is 1.61. The van der Waals surface area contributed by atoms with Crippen LogP contribution < -0.4 is 5.32 Å². The van der Waals surface area contributed by atoms with Crippen LogP contribution in [0.4, 0.5) is 0 Å². The fraction of sp³-hybridized carbons (Fsp3) is 0.412. The second-order valence-electron chi connectivity index (χ2n) is 5.94. The van der Waals surface area contributed by atoms with Gasteiger partial charge in [-0.2, -0.15) is 0 Å². The third-order valence-corrected chi connectivity index (χ3v) is 5.24. The number of carbonyl (C=O) groups is 1. The molecule has 1 N–H and O–H groups in total. The number of rotatable bonds is 6. The first-order chi connectivity index (χ1) is 10.6. The average molecular weight is 315 g/mol. The molecule has 1 aromatic heterocycles. The van der Waals surface area contributed by atoms with E-state index in [4.69, 9.17) is 0 Å². The Hall–Kier alpha value is -1.75. The van der Waals surface area contributed by atoms with Crippen molar-refractivity contribution in [3.8, 4) is 0 Å². The van der Waals surface area contributed by atoms with E-state index in [9.17, 15) is 4.79 Å². The molecule has 1 saturated carbocycles. The predicted molar refractivity (Wildman–Crippen MR) is 88.5 cm³/mol. The van der Waals surface area contributed by atoms with Crippen LogP contribution in [0.25, 0.3) is 0 Å². The van der Waals surface area contributed by atoms with Crippen molar-refractivity contribution in [2.75, 3.05) is 5.75 Å². The molecule has 1 aliphatic carbocycles. The maximum Gasteiger partial charge on any atom is 0.230 e. The lowest BCUT2D eigenvalue weighted by Gasteiger charge is -2.19. The van der Waals surface area contributed by atoms with Gasteiger partial charge < -0.3 is 9.88 Å². The minimum atomic E-state index is 0.0703. The van der Waals surface area contributed by atoms with Crippen molar-refractivity contribution in [3.05, 3.63) is 48.3 Å². The van der Waals surface area contributed by atoms with Gasteiger partial charge in [0.2, 0.25) is 5.91 Å². The number of aryl methyl sites for hydroxylation is 1. The van der Waals surface area contributed by atoms with E-state index in [1.165, 1.54) is 23.7 Å². The first-order valence-electron chi connectivity index (χ1n) is 7.59. The number of carbonyl (C=O) groups excluding carboxylic acids is 1. The zero-order valence-corrected chi connectivity index (χ0v) is 13.7. The summed E-state index contributed by atoms with van der Waals surface area (Å²) in [5.41, 5.74) is 1.20. The van der Waals surface area contributed by atoms with Crippen molar-refractivity contribution < 1.29 is 4.79 Å². The van der Waals surface area contributed by atoms with Crippen LogP contribution in [0.15, 0.2) is 47.9 Å². The molecule has 0 bridgehead atoms. The standard InChI is InChI=1S/C17H21N3OS/c1-12-10-14(12)16(13-6-4-3-5-7-13)19-15(21)11-22-17-18-8-9-20(17)2/h3-9,12,14,16H,10-11H2,1-2H3,(H,19,21)/t12-,14+,16+/m1/s1. The van der Waals surface area contributed by atoms with E-state index in [0.29, 0.717) is 17.6 Å². The largest absolute Gasteiger partial charge is 0.348 e. The maximum absolute atomic E-state index is 12.3. The normalized spacial score (nSPS) is 21.4. The number of nitrogens with zero attached hydrogens (tertiary/aromatic N) is 2. The number of benzene rings is 1. The Morgan fingerprint density at radius 2 is 2.18 bits per heavy atom. The van der Waals surface area contributed by atoms with E-state index in [2.05, 4.69) is 29.4 Å². The second-order valence-corrected chi connectivity index (χ2v) is 6.88. The van der Waals surface area contributed by atoms with Crippen LogP contribution in [0.5, 0.6) is 0 Å². The molecular weight excluding hydrogens is 294 g/mol. The van der Waals surface area contributed by atoms with Gasteiger partial charge in [0.05, 0.1) is 11.8 Å². The lowest BCUT2D eigenvalue weighted by atomic mass is 10.0. The van der Waals surface area contributed by atoms with E-state index in [1.54, 1.807) is 6.20 Å². The molecule has 3 atom stereocenters. The van der Waals surface area contributed by atoms with Crippen LogP contribution in [0.2, 0.25) is 0 Å². The molecule has 22 heavy (non-hydrogen) atoms. The molecule has 0 unspecified atom stereocenters. The Kier molecular flexibility index (Phi) is 4.52. The molecule has 5 heteroatoms. The van der Waals surface area contributed by atoms with Crippen LogP contribution in [0.1, 0.15) is 24.9 Å². The molecule has 1 fully saturated rings. The minimum Gasteiger partial charge on any atom is -0.348 e. The van der Waals surface area contributed by atoms with Crippen LogP contribution in [0, 0.1) is 11.8 Å². The van der Waals surface area contributed by atoms with Gasteiger partial charge in [-0.25, -0.2) is 4.98 Å². The third-order valence-electron chi connectivity index (χ3n) is 4.18. The highest BCUT2D eigenvalue weighted by Gasteiger charge is 2.40. The van der Waals surface area contributed by atoms with Crippen molar-refractivity contribution in [2.45, 2.75) is 24.5 Å². The number of hydrogen-bond acceptors (Lipinski definition) is 3. The molecule has 1 aliphatic rings. The number of nitrogens with one attached hydrogen (secondary N) is 1. The topological polar surface area (TPSA) is 46.9 Å². The molecule has 1 amide bonds. The van der Waals surface area contributed by atoms with Gasteiger partial charge in [-0.15, -0.1) is 0 Å². The van der Waals surface area contributed by atoms with E-state index < -0.39 is 0 Å². The van der Waals surface area contributed by atoms with Gasteiger partial charge in [0, 0.05) is 19.4 Å². The molecule has 1 heterocycles. The minimum absolute atomic E-state index is 0.0703. The fourth-order valence-corrected chi connectivity index (χ4v) is 3.49. The van der Waals surface area contributed by atoms with Crippen LogP contribution in [0.3, 0.4) is 0 Å². The van der Waals surface area contributed by atoms with Crippen LogP contribution in [-0.4, -0.2) is 21.2 Å². The second kappa shape index (κ2) is 6.57. The summed E-state index contributed by atoms with van der Waals surface area (Å²) in [6.07, 6.45) is 4.82. The monoisotopic (exact) mass is 315 g/mol. The van der Waals surface area contributed by atoms with Crippen LogP contribution >= 0.6 is 11.8 Å². The number of hydrogen-bond donors (Lipinski definition) is 1. The smallest absolute Gasteiger partial charge is 0.230 e. The third kappa shape index (κ3) is 3.53. The van der Waals surface area contributed by atoms with Gasteiger partial charge in [-0.3, -0.25) is 4.79 Å². The van der Waals surface area contributed by atoms with Gasteiger partial charge in [0.1, 0.15) is 0 Å². The van der Waals surface area contributed by atoms with E-state index >= 15 is 0 Å². The van der Waals surface area contributed by atoms with Gasteiger partial charge >= 0.3 is 0 Å². The highest BCUT2D eigenvalue weighted by atomic mass is 32.2. The molecule has 116 valence electrons. The van der Waals surface area contributed by atoms with Crippen molar-refractivity contribution >= 4 is 17.7 Å². The highest BCUT2D eigenvalue weighted by molar-refractivity contribution is 7.99. The molecule has 3 rings (SSSR count). The molecule has 4 nitrogen and oxygen atoms in total. The van der Waals surface area contributed by atoms with Gasteiger partial charge in [0.15, 0.2) is 5.16 Å². The Labute approximate surface area is 135 Å². The summed E-state index contributed by atoms with van der Waals surface area (Å²) in [4.78, 5) is 16.5. The molecular formula is C17H21N3OS. The first kappa shape index (κ1) is 15.2. The molecule has 2 aromatic rings. The summed E-state index contributed by atoms with van der Waals surface area (Å²) < 4.78 is 1.93. The maximum atomic E-state index is 12.3. The zero-order chi connectivity index (χ0) is 15.5. The SMILES string of the molecule is C[C@@H]1C[C@@H]1[C@@H](NC(=O)CSc1nccn1C)c1ccccc1. The summed E-state index contributed by atoms with van der Waals surface area (Å²) in [6.45, 7) is 2.25. The van der Waals surface area contributed by atoms with Crippen molar-refractivity contribution in [2.24, 2.45) is 18.9 Å². The van der Waals surface area contributed by atoms with Crippen molar-refractivity contribution in [3.63, 3.8) is 0 Å². The number of aromatic nitrogens is 2. The van der Waals surface area contributed by atoms with Crippen LogP contribution in [-0.2, 0) is 11.8 Å². The summed E-state index contributed by atoms with van der Waals surface area (Å²) >= 11 is 1.47. The van der Waals surface area contributed by atoms with Crippen molar-refractivity contribution in [1.29, 1.82) is 0 Å². The quantitative estimate of drug-likeness (QED) is 0.834. The predicted octanol–water partition coefficient (Wildman–Crippen LogP) is 3.03. The van der Waals surface area contributed by atoms with Crippen molar-refractivity contribution in [1.82, 2.24) is 14.9 Å².